The maximum absolute atomic E-state index is 10.4. The summed E-state index contributed by atoms with van der Waals surface area (Å²) >= 11 is 0. The largest absolute Gasteiger partial charge is 0.366 e. The number of nitrogens with two attached hydrogens (primary N) is 1. The van der Waals surface area contributed by atoms with Crippen molar-refractivity contribution in [1.82, 2.24) is 0 Å². The molecule has 0 atom stereocenters. The van der Waals surface area contributed by atoms with Gasteiger partial charge in [0.05, 0.1) is 0 Å². The Morgan fingerprint density at radius 1 is 1.20 bits per heavy atom. The zero-order valence-corrected chi connectivity index (χ0v) is 6.64. The molecule has 0 aromatic rings. The third-order valence-electron chi connectivity index (χ3n) is 1.06. The lowest BCUT2D eigenvalue weighted by atomic mass is 10.2. The molecule has 0 saturated carbocycles. The molecule has 0 aromatic heterocycles. The van der Waals surface area contributed by atoms with Gasteiger partial charge in [0.25, 0.3) is 0 Å². The molecule has 0 spiro atoms. The Morgan fingerprint density at radius 3 is 2.00 bits per heavy atom. The van der Waals surface area contributed by atoms with Crippen LogP contribution in [0.15, 0.2) is 23.3 Å². The normalized spacial score (nSPS) is 10.9. The van der Waals surface area contributed by atoms with E-state index >= 15 is 0 Å². The second kappa shape index (κ2) is 3.88. The summed E-state index contributed by atoms with van der Waals surface area (Å²) in [5.41, 5.74) is 6.72. The minimum Gasteiger partial charge on any atom is -0.366 e. The van der Waals surface area contributed by atoms with Crippen molar-refractivity contribution in [2.45, 2.75) is 20.8 Å². The number of carbonyl (C=O) groups is 1. The average molecular weight is 139 g/mol. The van der Waals surface area contributed by atoms with Gasteiger partial charge in [0.2, 0.25) is 5.91 Å². The van der Waals surface area contributed by atoms with Crippen LogP contribution in [0.5, 0.6) is 0 Å². The highest BCUT2D eigenvalue weighted by atomic mass is 16.1. The number of hydrogen-bond donors (Lipinski definition) is 1. The zero-order chi connectivity index (χ0) is 8.15. The maximum Gasteiger partial charge on any atom is 0.244 e. The predicted molar refractivity (Wildman–Crippen MR) is 42.4 cm³/mol. The van der Waals surface area contributed by atoms with E-state index in [4.69, 9.17) is 5.73 Å². The molecule has 1 amide bonds. The summed E-state index contributed by atoms with van der Waals surface area (Å²) < 4.78 is 0. The van der Waals surface area contributed by atoms with Gasteiger partial charge < -0.3 is 5.73 Å². The lowest BCUT2D eigenvalue weighted by molar-refractivity contribution is -0.114. The summed E-state index contributed by atoms with van der Waals surface area (Å²) in [5, 5.41) is 0. The number of rotatable bonds is 2. The third-order valence-corrected chi connectivity index (χ3v) is 1.06. The van der Waals surface area contributed by atoms with E-state index in [1.807, 2.05) is 19.9 Å². The lowest BCUT2D eigenvalue weighted by Gasteiger charge is -1.89. The molecule has 0 radical (unpaired) electrons. The van der Waals surface area contributed by atoms with Crippen LogP contribution in [-0.4, -0.2) is 5.91 Å². The SMILES string of the molecule is CC(C)=CC=C(C)C(N)=O. The lowest BCUT2D eigenvalue weighted by Crippen LogP contribution is -2.11. The summed E-state index contributed by atoms with van der Waals surface area (Å²) in [6, 6.07) is 0. The highest BCUT2D eigenvalue weighted by Crippen LogP contribution is 1.94. The van der Waals surface area contributed by atoms with E-state index < -0.39 is 0 Å². The van der Waals surface area contributed by atoms with Crippen LogP contribution in [0.25, 0.3) is 0 Å². The smallest absolute Gasteiger partial charge is 0.244 e. The second-order valence-corrected chi connectivity index (χ2v) is 2.46. The number of hydrogen-bond acceptors (Lipinski definition) is 1. The van der Waals surface area contributed by atoms with Gasteiger partial charge in [0.15, 0.2) is 0 Å². The quantitative estimate of drug-likeness (QED) is 0.456. The van der Waals surface area contributed by atoms with Crippen LogP contribution < -0.4 is 5.73 Å². The minimum absolute atomic E-state index is 0.363. The van der Waals surface area contributed by atoms with Crippen molar-refractivity contribution in [3.05, 3.63) is 23.3 Å². The molecule has 0 aliphatic heterocycles. The Morgan fingerprint density at radius 2 is 1.70 bits per heavy atom. The molecule has 0 unspecified atom stereocenters. The molecule has 0 heterocycles. The fraction of sp³-hybridized carbons (Fsp3) is 0.375. The van der Waals surface area contributed by atoms with E-state index in [1.165, 1.54) is 0 Å². The first-order chi connectivity index (χ1) is 4.54. The van der Waals surface area contributed by atoms with Crippen molar-refractivity contribution in [2.24, 2.45) is 5.73 Å². The minimum atomic E-state index is -0.363. The molecule has 2 heteroatoms. The van der Waals surface area contributed by atoms with Gasteiger partial charge in [0, 0.05) is 5.57 Å². The van der Waals surface area contributed by atoms with Crippen LogP contribution in [-0.2, 0) is 4.79 Å². The molecular weight excluding hydrogens is 126 g/mol. The van der Waals surface area contributed by atoms with E-state index in [1.54, 1.807) is 13.0 Å². The molecule has 0 fully saturated rings. The van der Waals surface area contributed by atoms with E-state index in [-0.39, 0.29) is 5.91 Å². The number of amides is 1. The highest BCUT2D eigenvalue weighted by Gasteiger charge is 1.92. The van der Waals surface area contributed by atoms with E-state index in [2.05, 4.69) is 0 Å². The molecular formula is C8H13NO. The summed E-state index contributed by atoms with van der Waals surface area (Å²) in [7, 11) is 0. The molecule has 10 heavy (non-hydrogen) atoms. The van der Waals surface area contributed by atoms with Gasteiger partial charge in [-0.3, -0.25) is 4.79 Å². The molecule has 2 N–H and O–H groups in total. The van der Waals surface area contributed by atoms with Gasteiger partial charge in [0.1, 0.15) is 0 Å². The first-order valence-corrected chi connectivity index (χ1v) is 3.15. The van der Waals surface area contributed by atoms with Gasteiger partial charge in [-0.25, -0.2) is 0 Å². The summed E-state index contributed by atoms with van der Waals surface area (Å²) in [6.45, 7) is 5.62. The van der Waals surface area contributed by atoms with Crippen molar-refractivity contribution < 1.29 is 4.79 Å². The molecule has 0 bridgehead atoms. The van der Waals surface area contributed by atoms with Crippen molar-refractivity contribution in [2.75, 3.05) is 0 Å². The molecule has 0 aliphatic rings. The average Bonchev–Trinajstić information content (AvgIpc) is 1.82. The van der Waals surface area contributed by atoms with E-state index in [0.717, 1.165) is 5.57 Å². The van der Waals surface area contributed by atoms with Gasteiger partial charge in [-0.2, -0.15) is 0 Å². The van der Waals surface area contributed by atoms with Gasteiger partial charge in [-0.15, -0.1) is 0 Å². The van der Waals surface area contributed by atoms with Crippen LogP contribution in [0.4, 0.5) is 0 Å². The van der Waals surface area contributed by atoms with Crippen LogP contribution in [0.1, 0.15) is 20.8 Å². The zero-order valence-electron chi connectivity index (χ0n) is 6.64. The van der Waals surface area contributed by atoms with Crippen molar-refractivity contribution >= 4 is 5.91 Å². The second-order valence-electron chi connectivity index (χ2n) is 2.46. The van der Waals surface area contributed by atoms with E-state index in [9.17, 15) is 4.79 Å². The Labute approximate surface area is 61.4 Å². The first-order valence-electron chi connectivity index (χ1n) is 3.15. The highest BCUT2D eigenvalue weighted by molar-refractivity contribution is 5.91. The van der Waals surface area contributed by atoms with Crippen LogP contribution >= 0.6 is 0 Å². The molecule has 0 aromatic carbocycles. The van der Waals surface area contributed by atoms with Crippen molar-refractivity contribution in [3.63, 3.8) is 0 Å². The monoisotopic (exact) mass is 139 g/mol. The van der Waals surface area contributed by atoms with Gasteiger partial charge in [-0.1, -0.05) is 17.7 Å². The standard InChI is InChI=1S/C8H13NO/c1-6(2)4-5-7(3)8(9)10/h4-5H,1-3H3,(H2,9,10). The van der Waals surface area contributed by atoms with Gasteiger partial charge in [-0.05, 0) is 20.8 Å². The predicted octanol–water partition coefficient (Wildman–Crippen LogP) is 1.38. The molecule has 0 rings (SSSR count). The number of allylic oxidation sites excluding steroid dienone is 3. The summed E-state index contributed by atoms with van der Waals surface area (Å²) in [4.78, 5) is 10.4. The Hall–Kier alpha value is -1.05. The topological polar surface area (TPSA) is 43.1 Å². The fourth-order valence-corrected chi connectivity index (χ4v) is 0.374. The molecule has 2 nitrogen and oxygen atoms in total. The Balaban J connectivity index is 4.19. The van der Waals surface area contributed by atoms with Crippen molar-refractivity contribution in [1.29, 1.82) is 0 Å². The van der Waals surface area contributed by atoms with Crippen LogP contribution in [0.3, 0.4) is 0 Å². The molecule has 0 aliphatic carbocycles. The molecule has 56 valence electrons. The number of carbonyl (C=O) groups excluding carboxylic acids is 1. The maximum atomic E-state index is 10.4. The molecule has 0 saturated heterocycles. The van der Waals surface area contributed by atoms with E-state index in [0.29, 0.717) is 5.57 Å². The fourth-order valence-electron chi connectivity index (χ4n) is 0.374. The Kier molecular flexibility index (Phi) is 3.47. The van der Waals surface area contributed by atoms with Crippen LogP contribution in [0.2, 0.25) is 0 Å². The number of primary amides is 1. The first kappa shape index (κ1) is 8.95. The van der Waals surface area contributed by atoms with Gasteiger partial charge >= 0.3 is 0 Å². The van der Waals surface area contributed by atoms with Crippen LogP contribution in [0, 0.1) is 0 Å². The Bertz CT molecular complexity index is 185. The van der Waals surface area contributed by atoms with Crippen molar-refractivity contribution in [3.8, 4) is 0 Å². The third kappa shape index (κ3) is 3.89. The summed E-state index contributed by atoms with van der Waals surface area (Å²) in [5.74, 6) is -0.363. The summed E-state index contributed by atoms with van der Waals surface area (Å²) in [6.07, 6.45) is 3.58.